The quantitative estimate of drug-likeness (QED) is 0.159. The average Bonchev–Trinajstić information content (AvgIpc) is 2.57. The summed E-state index contributed by atoms with van der Waals surface area (Å²) in [5.74, 6) is -2.12. The lowest BCUT2D eigenvalue weighted by atomic mass is 10.1. The van der Waals surface area contributed by atoms with Crippen LogP contribution in [0.15, 0.2) is 12.2 Å². The average molecular weight is 380 g/mol. The van der Waals surface area contributed by atoms with Crippen molar-refractivity contribution in [1.29, 1.82) is 0 Å². The van der Waals surface area contributed by atoms with Gasteiger partial charge in [0.1, 0.15) is 6.61 Å². The van der Waals surface area contributed by atoms with E-state index in [4.69, 9.17) is 15.3 Å². The molecule has 0 unspecified atom stereocenters. The Hall–Kier alpha value is -0.130. The molecule has 0 aromatic carbocycles. The van der Waals surface area contributed by atoms with Gasteiger partial charge in [0.25, 0.3) is 0 Å². The summed E-state index contributed by atoms with van der Waals surface area (Å²) in [6.45, 7) is 2.10. The van der Waals surface area contributed by atoms with Crippen LogP contribution in [-0.2, 0) is 0 Å². The molecular formula is C20H42ClNO3. The van der Waals surface area contributed by atoms with E-state index in [2.05, 4.69) is 24.4 Å². The molecular weight excluding hydrogens is 338 g/mol. The van der Waals surface area contributed by atoms with Crippen LogP contribution in [0.25, 0.3) is 0 Å². The van der Waals surface area contributed by atoms with Crippen molar-refractivity contribution in [2.24, 2.45) is 0 Å². The summed E-state index contributed by atoms with van der Waals surface area (Å²) >= 11 is 0. The minimum absolute atomic E-state index is 0. The van der Waals surface area contributed by atoms with Crippen molar-refractivity contribution >= 4 is 12.4 Å². The molecule has 4 nitrogen and oxygen atoms in total. The van der Waals surface area contributed by atoms with Gasteiger partial charge in [-0.3, -0.25) is 5.32 Å². The molecule has 0 fully saturated rings. The number of hydrogen-bond donors (Lipinski definition) is 4. The monoisotopic (exact) mass is 379 g/mol. The van der Waals surface area contributed by atoms with Crippen LogP contribution in [0.4, 0.5) is 0 Å². The van der Waals surface area contributed by atoms with Crippen molar-refractivity contribution < 1.29 is 15.3 Å². The van der Waals surface area contributed by atoms with Gasteiger partial charge >= 0.3 is 0 Å². The molecule has 0 spiro atoms. The maximum atomic E-state index is 9.14. The molecule has 0 aromatic heterocycles. The molecule has 0 saturated carbocycles. The van der Waals surface area contributed by atoms with Gasteiger partial charge in [0.05, 0.1) is 0 Å². The zero-order chi connectivity index (χ0) is 17.9. The third-order valence-electron chi connectivity index (χ3n) is 4.32. The minimum atomic E-state index is -2.12. The van der Waals surface area contributed by atoms with Gasteiger partial charge in [-0.25, -0.2) is 0 Å². The lowest BCUT2D eigenvalue weighted by Gasteiger charge is -2.19. The van der Waals surface area contributed by atoms with Crippen LogP contribution in [0.2, 0.25) is 0 Å². The Kier molecular flexibility index (Phi) is 21.9. The van der Waals surface area contributed by atoms with Crippen LogP contribution >= 0.6 is 12.4 Å². The second-order valence-corrected chi connectivity index (χ2v) is 6.84. The summed E-state index contributed by atoms with van der Waals surface area (Å²) in [6.07, 6.45) is 22.3. The largest absolute Gasteiger partial charge is 0.389 e. The summed E-state index contributed by atoms with van der Waals surface area (Å²) < 4.78 is 0. The lowest BCUT2D eigenvalue weighted by Crippen LogP contribution is -2.48. The molecule has 0 atom stereocenters. The number of halogens is 1. The standard InChI is InChI=1S/C20H41NO3.ClH/c1-2-3-4-5-6-7-8-9-10-11-12-13-14-15-16-17-18-21-20(23,24)19-22;/h9-10,21-24H,2-8,11-19H2,1H3;1H/b10-9-;. The smallest absolute Gasteiger partial charge is 0.246 e. The van der Waals surface area contributed by atoms with E-state index in [0.29, 0.717) is 6.54 Å². The van der Waals surface area contributed by atoms with Gasteiger partial charge in [0.2, 0.25) is 5.91 Å². The number of hydrogen-bond acceptors (Lipinski definition) is 4. The molecule has 0 aliphatic carbocycles. The molecule has 152 valence electrons. The maximum Gasteiger partial charge on any atom is 0.246 e. The van der Waals surface area contributed by atoms with Crippen molar-refractivity contribution in [2.45, 2.75) is 103 Å². The first-order valence-corrected chi connectivity index (χ1v) is 10.1. The number of unbranched alkanes of at least 4 members (excludes halogenated alkanes) is 12. The summed E-state index contributed by atoms with van der Waals surface area (Å²) in [6, 6.07) is 0. The number of aliphatic hydroxyl groups is 3. The van der Waals surface area contributed by atoms with E-state index in [0.717, 1.165) is 12.8 Å². The molecule has 0 aromatic rings. The van der Waals surface area contributed by atoms with Crippen molar-refractivity contribution in [3.05, 3.63) is 12.2 Å². The normalized spacial score (nSPS) is 11.8. The molecule has 0 aliphatic rings. The lowest BCUT2D eigenvalue weighted by molar-refractivity contribution is -0.208. The summed E-state index contributed by atoms with van der Waals surface area (Å²) in [4.78, 5) is 0. The molecule has 0 rings (SSSR count). The first-order chi connectivity index (χ1) is 11.6. The highest BCUT2D eigenvalue weighted by Crippen LogP contribution is 2.09. The van der Waals surface area contributed by atoms with Gasteiger partial charge in [0, 0.05) is 6.54 Å². The Morgan fingerprint density at radius 1 is 0.720 bits per heavy atom. The fourth-order valence-corrected chi connectivity index (χ4v) is 2.72. The first-order valence-electron chi connectivity index (χ1n) is 10.1. The molecule has 0 saturated heterocycles. The Morgan fingerprint density at radius 2 is 1.16 bits per heavy atom. The van der Waals surface area contributed by atoms with E-state index in [1.807, 2.05) is 0 Å². The fourth-order valence-electron chi connectivity index (χ4n) is 2.72. The maximum absolute atomic E-state index is 9.14. The molecule has 0 heterocycles. The van der Waals surface area contributed by atoms with Crippen LogP contribution < -0.4 is 5.32 Å². The van der Waals surface area contributed by atoms with Gasteiger partial charge in [0.15, 0.2) is 0 Å². The summed E-state index contributed by atoms with van der Waals surface area (Å²) in [7, 11) is 0. The van der Waals surface area contributed by atoms with Gasteiger partial charge in [-0.15, -0.1) is 12.4 Å². The Bertz CT molecular complexity index is 286. The summed E-state index contributed by atoms with van der Waals surface area (Å²) in [5, 5.41) is 29.4. The van der Waals surface area contributed by atoms with Crippen LogP contribution in [0, 0.1) is 0 Å². The van der Waals surface area contributed by atoms with Crippen LogP contribution in [0.3, 0.4) is 0 Å². The van der Waals surface area contributed by atoms with E-state index in [1.165, 1.54) is 77.0 Å². The molecule has 4 N–H and O–H groups in total. The fraction of sp³-hybridized carbons (Fsp3) is 0.900. The third kappa shape index (κ3) is 21.8. The van der Waals surface area contributed by atoms with Crippen molar-refractivity contribution in [3.63, 3.8) is 0 Å². The van der Waals surface area contributed by atoms with Crippen LogP contribution in [0.1, 0.15) is 96.8 Å². The highest BCUT2D eigenvalue weighted by atomic mass is 35.5. The highest BCUT2D eigenvalue weighted by molar-refractivity contribution is 5.85. The van der Waals surface area contributed by atoms with Crippen molar-refractivity contribution in [3.8, 4) is 0 Å². The highest BCUT2D eigenvalue weighted by Gasteiger charge is 2.19. The van der Waals surface area contributed by atoms with Crippen molar-refractivity contribution in [2.75, 3.05) is 13.2 Å². The zero-order valence-electron chi connectivity index (χ0n) is 16.2. The molecule has 5 heteroatoms. The predicted octanol–water partition coefficient (Wildman–Crippen LogP) is 4.67. The van der Waals surface area contributed by atoms with Gasteiger partial charge in [-0.2, -0.15) is 0 Å². The van der Waals surface area contributed by atoms with E-state index >= 15 is 0 Å². The van der Waals surface area contributed by atoms with Crippen molar-refractivity contribution in [1.82, 2.24) is 5.32 Å². The van der Waals surface area contributed by atoms with Gasteiger partial charge < -0.3 is 15.3 Å². The molecule has 0 radical (unpaired) electrons. The van der Waals surface area contributed by atoms with Crippen LogP contribution in [-0.4, -0.2) is 34.4 Å². The van der Waals surface area contributed by atoms with E-state index in [-0.39, 0.29) is 12.4 Å². The molecule has 25 heavy (non-hydrogen) atoms. The number of rotatable bonds is 18. The Balaban J connectivity index is 0. The topological polar surface area (TPSA) is 72.7 Å². The molecule has 0 bridgehead atoms. The van der Waals surface area contributed by atoms with E-state index in [1.54, 1.807) is 0 Å². The predicted molar refractivity (Wildman–Crippen MR) is 109 cm³/mol. The molecule has 0 amide bonds. The molecule has 0 aliphatic heterocycles. The zero-order valence-corrected chi connectivity index (χ0v) is 17.0. The van der Waals surface area contributed by atoms with E-state index in [9.17, 15) is 0 Å². The SMILES string of the molecule is CCCCCCCC/C=C\CCCCCCCCNC(O)(O)CO.Cl. The second kappa shape index (κ2) is 20.2. The number of aliphatic hydroxyl groups excluding tert-OH is 1. The Labute approximate surface area is 161 Å². The third-order valence-corrected chi connectivity index (χ3v) is 4.32. The summed E-state index contributed by atoms with van der Waals surface area (Å²) in [5.41, 5.74) is 0. The number of allylic oxidation sites excluding steroid dienone is 2. The van der Waals surface area contributed by atoms with E-state index < -0.39 is 12.5 Å². The van der Waals surface area contributed by atoms with Crippen LogP contribution in [0.5, 0.6) is 0 Å². The first kappa shape index (κ1) is 27.1. The number of nitrogens with one attached hydrogen (secondary N) is 1. The van der Waals surface area contributed by atoms with Gasteiger partial charge in [-0.1, -0.05) is 76.9 Å². The Morgan fingerprint density at radius 3 is 1.64 bits per heavy atom. The second-order valence-electron chi connectivity index (χ2n) is 6.84. The van der Waals surface area contributed by atoms with Gasteiger partial charge in [-0.05, 0) is 32.1 Å². The minimum Gasteiger partial charge on any atom is -0.389 e.